The Morgan fingerprint density at radius 1 is 1.14 bits per heavy atom. The van der Waals surface area contributed by atoms with Crippen molar-refractivity contribution >= 4 is 35.3 Å². The SMILES string of the molecule is Cc1c(-c2ccc(/C=N\NC(=O)[C@@H](CC(C)C)NC(=O)c3ccccc3Cl)o2)cccc1[N+](=O)[O-]. The number of hydrogen-bond acceptors (Lipinski definition) is 6. The molecule has 3 aromatic rings. The standard InChI is InChI=1S/C25H25ClN4O5/c1-15(2)13-21(28-24(31)19-7-4-5-9-20(19)26)25(32)29-27-14-17-11-12-23(35-17)18-8-6-10-22(16(18)3)30(33)34/h4-12,14-15,21H,13H2,1-3H3,(H,28,31)(H,29,32)/b27-14-/t21-/m1/s1. The van der Waals surface area contributed by atoms with E-state index in [2.05, 4.69) is 15.8 Å². The van der Waals surface area contributed by atoms with Crippen LogP contribution in [0, 0.1) is 23.0 Å². The zero-order valence-electron chi connectivity index (χ0n) is 19.4. The van der Waals surface area contributed by atoms with Crippen molar-refractivity contribution in [2.75, 3.05) is 0 Å². The van der Waals surface area contributed by atoms with Gasteiger partial charge in [-0.15, -0.1) is 0 Å². The van der Waals surface area contributed by atoms with E-state index in [1.807, 2.05) is 13.8 Å². The fourth-order valence-corrected chi connectivity index (χ4v) is 3.70. The van der Waals surface area contributed by atoms with Crippen molar-refractivity contribution in [3.63, 3.8) is 0 Å². The van der Waals surface area contributed by atoms with Crippen molar-refractivity contribution in [3.8, 4) is 11.3 Å². The molecular formula is C25H25ClN4O5. The van der Waals surface area contributed by atoms with Gasteiger partial charge in [0.2, 0.25) is 0 Å². The van der Waals surface area contributed by atoms with Crippen LogP contribution in [-0.4, -0.2) is 29.0 Å². The first-order valence-corrected chi connectivity index (χ1v) is 11.3. The Kier molecular flexibility index (Phi) is 8.38. The highest BCUT2D eigenvalue weighted by molar-refractivity contribution is 6.33. The molecule has 10 heteroatoms. The third-order valence-electron chi connectivity index (χ3n) is 5.21. The maximum atomic E-state index is 12.7. The van der Waals surface area contributed by atoms with Gasteiger partial charge >= 0.3 is 0 Å². The molecular weight excluding hydrogens is 472 g/mol. The first kappa shape index (κ1) is 25.6. The number of amides is 2. The van der Waals surface area contributed by atoms with Crippen LogP contribution < -0.4 is 10.7 Å². The van der Waals surface area contributed by atoms with Crippen molar-refractivity contribution in [1.82, 2.24) is 10.7 Å². The van der Waals surface area contributed by atoms with Crippen molar-refractivity contribution < 1.29 is 18.9 Å². The molecule has 0 saturated heterocycles. The van der Waals surface area contributed by atoms with E-state index in [0.29, 0.717) is 34.1 Å². The number of furan rings is 1. The lowest BCUT2D eigenvalue weighted by Crippen LogP contribution is -2.46. The normalized spacial score (nSPS) is 12.0. The number of nitro benzene ring substituents is 1. The molecule has 2 aromatic carbocycles. The van der Waals surface area contributed by atoms with Gasteiger partial charge in [0.05, 0.1) is 21.7 Å². The van der Waals surface area contributed by atoms with E-state index in [0.717, 1.165) is 0 Å². The van der Waals surface area contributed by atoms with Gasteiger partial charge in [0, 0.05) is 17.2 Å². The average molecular weight is 497 g/mol. The molecule has 0 unspecified atom stereocenters. The van der Waals surface area contributed by atoms with Crippen LogP contribution in [0.5, 0.6) is 0 Å². The molecule has 3 rings (SSSR count). The summed E-state index contributed by atoms with van der Waals surface area (Å²) in [5.74, 6) is -0.0394. The quantitative estimate of drug-likeness (QED) is 0.242. The third kappa shape index (κ3) is 6.54. The predicted octanol–water partition coefficient (Wildman–Crippen LogP) is 5.11. The number of hydrogen-bond donors (Lipinski definition) is 2. The lowest BCUT2D eigenvalue weighted by molar-refractivity contribution is -0.385. The van der Waals surface area contributed by atoms with Crippen LogP contribution in [-0.2, 0) is 4.79 Å². The summed E-state index contributed by atoms with van der Waals surface area (Å²) in [5, 5.41) is 18.1. The van der Waals surface area contributed by atoms with Crippen molar-refractivity contribution in [2.24, 2.45) is 11.0 Å². The lowest BCUT2D eigenvalue weighted by atomic mass is 10.0. The number of nitro groups is 1. The van der Waals surface area contributed by atoms with E-state index < -0.39 is 22.8 Å². The van der Waals surface area contributed by atoms with Crippen molar-refractivity contribution in [2.45, 2.75) is 33.2 Å². The number of carbonyl (C=O) groups is 2. The van der Waals surface area contributed by atoms with Crippen LogP contribution >= 0.6 is 11.6 Å². The molecule has 2 N–H and O–H groups in total. The molecule has 182 valence electrons. The summed E-state index contributed by atoms with van der Waals surface area (Å²) in [5.41, 5.74) is 3.77. The first-order valence-electron chi connectivity index (χ1n) is 10.9. The van der Waals surface area contributed by atoms with Crippen LogP contribution in [0.1, 0.15) is 41.9 Å². The zero-order valence-corrected chi connectivity index (χ0v) is 20.2. The van der Waals surface area contributed by atoms with Gasteiger partial charge in [0.25, 0.3) is 17.5 Å². The molecule has 0 bridgehead atoms. The molecule has 2 amide bonds. The number of hydrazone groups is 1. The second kappa shape index (κ2) is 11.4. The minimum atomic E-state index is -0.824. The Labute approximate surface area is 207 Å². The Bertz CT molecular complexity index is 1270. The molecule has 35 heavy (non-hydrogen) atoms. The highest BCUT2D eigenvalue weighted by Crippen LogP contribution is 2.30. The van der Waals surface area contributed by atoms with Gasteiger partial charge in [-0.2, -0.15) is 5.10 Å². The third-order valence-corrected chi connectivity index (χ3v) is 5.54. The van der Waals surface area contributed by atoms with E-state index in [1.54, 1.807) is 55.5 Å². The summed E-state index contributed by atoms with van der Waals surface area (Å²) in [7, 11) is 0. The average Bonchev–Trinajstić information content (AvgIpc) is 3.27. The second-order valence-corrected chi connectivity index (χ2v) is 8.69. The van der Waals surface area contributed by atoms with Gasteiger partial charge in [-0.25, -0.2) is 5.43 Å². The summed E-state index contributed by atoms with van der Waals surface area (Å²) in [6.45, 7) is 5.52. The maximum absolute atomic E-state index is 12.7. The van der Waals surface area contributed by atoms with E-state index >= 15 is 0 Å². The van der Waals surface area contributed by atoms with E-state index in [9.17, 15) is 19.7 Å². The molecule has 0 saturated carbocycles. The zero-order chi connectivity index (χ0) is 25.5. The van der Waals surface area contributed by atoms with Gasteiger partial charge in [-0.05, 0) is 43.5 Å². The van der Waals surface area contributed by atoms with Gasteiger partial charge in [-0.3, -0.25) is 19.7 Å². The molecule has 0 aliphatic heterocycles. The second-order valence-electron chi connectivity index (χ2n) is 8.28. The van der Waals surface area contributed by atoms with Crippen LogP contribution in [0.3, 0.4) is 0 Å². The molecule has 0 aliphatic rings. The molecule has 1 heterocycles. The highest BCUT2D eigenvalue weighted by Gasteiger charge is 2.23. The van der Waals surface area contributed by atoms with Gasteiger partial charge < -0.3 is 9.73 Å². The molecule has 0 aliphatic carbocycles. The molecule has 0 spiro atoms. The smallest absolute Gasteiger partial charge is 0.273 e. The summed E-state index contributed by atoms with van der Waals surface area (Å²) < 4.78 is 5.72. The molecule has 9 nitrogen and oxygen atoms in total. The minimum Gasteiger partial charge on any atom is -0.455 e. The Balaban J connectivity index is 1.69. The number of nitrogens with one attached hydrogen (secondary N) is 2. The number of rotatable bonds is 9. The molecule has 1 aromatic heterocycles. The monoisotopic (exact) mass is 496 g/mol. The van der Waals surface area contributed by atoms with E-state index in [1.165, 1.54) is 12.3 Å². The van der Waals surface area contributed by atoms with Crippen LogP contribution in [0.4, 0.5) is 5.69 Å². The Morgan fingerprint density at radius 3 is 2.57 bits per heavy atom. The predicted molar refractivity (Wildman–Crippen MR) is 133 cm³/mol. The maximum Gasteiger partial charge on any atom is 0.273 e. The summed E-state index contributed by atoms with van der Waals surface area (Å²) in [4.78, 5) is 36.1. The summed E-state index contributed by atoms with van der Waals surface area (Å²) in [6, 6.07) is 13.8. The van der Waals surface area contributed by atoms with Crippen molar-refractivity contribution in [1.29, 1.82) is 0 Å². The van der Waals surface area contributed by atoms with Crippen molar-refractivity contribution in [3.05, 3.63) is 86.6 Å². The number of carbonyl (C=O) groups excluding carboxylic acids is 2. The van der Waals surface area contributed by atoms with Crippen LogP contribution in [0.2, 0.25) is 5.02 Å². The minimum absolute atomic E-state index is 0.00332. The molecule has 1 atom stereocenters. The van der Waals surface area contributed by atoms with Gasteiger partial charge in [-0.1, -0.05) is 49.7 Å². The Morgan fingerprint density at radius 2 is 1.89 bits per heavy atom. The van der Waals surface area contributed by atoms with E-state index in [-0.39, 0.29) is 17.2 Å². The van der Waals surface area contributed by atoms with Gasteiger partial charge in [0.1, 0.15) is 17.6 Å². The molecule has 0 fully saturated rings. The van der Waals surface area contributed by atoms with E-state index in [4.69, 9.17) is 16.0 Å². The number of nitrogens with zero attached hydrogens (tertiary/aromatic N) is 2. The Hall–Kier alpha value is -3.98. The fourth-order valence-electron chi connectivity index (χ4n) is 3.48. The lowest BCUT2D eigenvalue weighted by Gasteiger charge is -2.19. The van der Waals surface area contributed by atoms with Gasteiger partial charge in [0.15, 0.2) is 0 Å². The fraction of sp³-hybridized carbons (Fsp3) is 0.240. The highest BCUT2D eigenvalue weighted by atomic mass is 35.5. The summed E-state index contributed by atoms with van der Waals surface area (Å²) >= 11 is 6.09. The van der Waals surface area contributed by atoms with Crippen LogP contribution in [0.15, 0.2) is 64.1 Å². The topological polar surface area (TPSA) is 127 Å². The number of halogens is 1. The number of benzene rings is 2. The first-order chi connectivity index (χ1) is 16.7. The molecule has 0 radical (unpaired) electrons. The van der Waals surface area contributed by atoms with Crippen LogP contribution in [0.25, 0.3) is 11.3 Å². The summed E-state index contributed by atoms with van der Waals surface area (Å²) in [6.07, 6.45) is 1.71. The largest absolute Gasteiger partial charge is 0.455 e.